The Kier molecular flexibility index (Phi) is 9.31. The van der Waals surface area contributed by atoms with Crippen LogP contribution in [0.3, 0.4) is 0 Å². The fourth-order valence-electron chi connectivity index (χ4n) is 2.48. The minimum atomic E-state index is -0.791. The van der Waals surface area contributed by atoms with Crippen molar-refractivity contribution in [1.29, 1.82) is 0 Å². The maximum atomic E-state index is 12.5. The van der Waals surface area contributed by atoms with Crippen molar-refractivity contribution in [3.8, 4) is 5.75 Å². The lowest BCUT2D eigenvalue weighted by atomic mass is 10.1. The Balaban J connectivity index is 2.75. The lowest BCUT2D eigenvalue weighted by Gasteiger charge is -2.20. The van der Waals surface area contributed by atoms with Crippen molar-refractivity contribution in [2.75, 3.05) is 34.2 Å². The number of amides is 4. The SMILES string of the molecule is CC(=O)N(C)C(=O)Oc1ccccc1CCC(=O)N(CCCN(C)C)C(C)=O. The van der Waals surface area contributed by atoms with Crippen LogP contribution in [0.25, 0.3) is 0 Å². The van der Waals surface area contributed by atoms with E-state index in [-0.39, 0.29) is 24.0 Å². The van der Waals surface area contributed by atoms with Gasteiger partial charge < -0.3 is 9.64 Å². The molecule has 0 aliphatic rings. The van der Waals surface area contributed by atoms with Crippen molar-refractivity contribution < 1.29 is 23.9 Å². The number of hydrogen-bond acceptors (Lipinski definition) is 6. The van der Waals surface area contributed by atoms with Gasteiger partial charge in [-0.3, -0.25) is 24.2 Å². The van der Waals surface area contributed by atoms with Crippen molar-refractivity contribution in [3.63, 3.8) is 0 Å². The summed E-state index contributed by atoms with van der Waals surface area (Å²) < 4.78 is 5.27. The molecule has 154 valence electrons. The summed E-state index contributed by atoms with van der Waals surface area (Å²) in [5, 5.41) is 0. The fourth-order valence-corrected chi connectivity index (χ4v) is 2.48. The molecule has 0 N–H and O–H groups in total. The van der Waals surface area contributed by atoms with E-state index in [4.69, 9.17) is 4.74 Å². The summed E-state index contributed by atoms with van der Waals surface area (Å²) in [6.07, 6.45) is 0.326. The van der Waals surface area contributed by atoms with Gasteiger partial charge in [0.15, 0.2) is 0 Å². The number of nitrogens with zero attached hydrogens (tertiary/aromatic N) is 3. The van der Waals surface area contributed by atoms with Crippen LogP contribution in [0.5, 0.6) is 5.75 Å². The molecule has 28 heavy (non-hydrogen) atoms. The van der Waals surface area contributed by atoms with Gasteiger partial charge in [0.2, 0.25) is 17.7 Å². The molecule has 0 saturated heterocycles. The quantitative estimate of drug-likeness (QED) is 0.673. The van der Waals surface area contributed by atoms with E-state index in [1.165, 1.54) is 25.8 Å². The second-order valence-corrected chi connectivity index (χ2v) is 6.77. The van der Waals surface area contributed by atoms with Gasteiger partial charge >= 0.3 is 6.09 Å². The van der Waals surface area contributed by atoms with Crippen LogP contribution in [-0.2, 0) is 20.8 Å². The van der Waals surface area contributed by atoms with Crippen LogP contribution in [-0.4, -0.2) is 72.7 Å². The Morgan fingerprint density at radius 2 is 1.57 bits per heavy atom. The summed E-state index contributed by atoms with van der Waals surface area (Å²) in [7, 11) is 5.19. The summed E-state index contributed by atoms with van der Waals surface area (Å²) in [6.45, 7) is 3.78. The maximum Gasteiger partial charge on any atom is 0.421 e. The summed E-state index contributed by atoms with van der Waals surface area (Å²) in [6, 6.07) is 6.82. The number of rotatable bonds is 8. The van der Waals surface area contributed by atoms with E-state index in [9.17, 15) is 19.2 Å². The first-order valence-corrected chi connectivity index (χ1v) is 9.13. The van der Waals surface area contributed by atoms with Crippen molar-refractivity contribution in [2.45, 2.75) is 33.1 Å². The van der Waals surface area contributed by atoms with Crippen LogP contribution in [0.4, 0.5) is 4.79 Å². The van der Waals surface area contributed by atoms with Gasteiger partial charge in [-0.1, -0.05) is 18.2 Å². The van der Waals surface area contributed by atoms with E-state index in [1.807, 2.05) is 19.0 Å². The predicted octanol–water partition coefficient (Wildman–Crippen LogP) is 1.92. The zero-order valence-electron chi connectivity index (χ0n) is 17.2. The average Bonchev–Trinajstić information content (AvgIpc) is 2.62. The van der Waals surface area contributed by atoms with E-state index in [2.05, 4.69) is 0 Å². The standard InChI is InChI=1S/C20H29N3O5/c1-15(24)22(5)20(27)28-18-10-7-6-9-17(18)11-12-19(26)23(16(2)25)14-8-13-21(3)4/h6-7,9-10H,8,11-14H2,1-5H3. The first-order valence-electron chi connectivity index (χ1n) is 9.13. The van der Waals surface area contributed by atoms with E-state index in [1.54, 1.807) is 24.3 Å². The van der Waals surface area contributed by atoms with Crippen LogP contribution in [0.2, 0.25) is 0 Å². The van der Waals surface area contributed by atoms with Crippen LogP contribution in [0.1, 0.15) is 32.3 Å². The molecule has 1 aromatic carbocycles. The zero-order chi connectivity index (χ0) is 21.3. The third kappa shape index (κ3) is 7.48. The molecule has 0 fully saturated rings. The number of ether oxygens (including phenoxy) is 1. The lowest BCUT2D eigenvalue weighted by Crippen LogP contribution is -2.37. The van der Waals surface area contributed by atoms with Gasteiger partial charge in [-0.15, -0.1) is 0 Å². The summed E-state index contributed by atoms with van der Waals surface area (Å²) in [5.74, 6) is -0.706. The summed E-state index contributed by atoms with van der Waals surface area (Å²) >= 11 is 0. The van der Waals surface area contributed by atoms with Crippen molar-refractivity contribution >= 4 is 23.8 Å². The molecule has 0 spiro atoms. The first kappa shape index (κ1) is 23.3. The van der Waals surface area contributed by atoms with Crippen molar-refractivity contribution in [2.24, 2.45) is 0 Å². The van der Waals surface area contributed by atoms with E-state index < -0.39 is 12.0 Å². The van der Waals surface area contributed by atoms with E-state index in [0.29, 0.717) is 24.9 Å². The molecule has 0 radical (unpaired) electrons. The van der Waals surface area contributed by atoms with E-state index >= 15 is 0 Å². The number of carbonyl (C=O) groups excluding carboxylic acids is 4. The second-order valence-electron chi connectivity index (χ2n) is 6.77. The smallest absolute Gasteiger partial charge is 0.410 e. The second kappa shape index (κ2) is 11.2. The molecule has 0 heterocycles. The molecule has 0 atom stereocenters. The monoisotopic (exact) mass is 391 g/mol. The molecule has 8 nitrogen and oxygen atoms in total. The average molecular weight is 391 g/mol. The first-order chi connectivity index (χ1) is 13.1. The summed E-state index contributed by atoms with van der Waals surface area (Å²) in [4.78, 5) is 51.7. The molecule has 0 aliphatic heterocycles. The highest BCUT2D eigenvalue weighted by Gasteiger charge is 2.20. The molecule has 0 aromatic heterocycles. The largest absolute Gasteiger partial charge is 0.421 e. The third-order valence-electron chi connectivity index (χ3n) is 4.19. The Morgan fingerprint density at radius 1 is 0.929 bits per heavy atom. The van der Waals surface area contributed by atoms with Crippen LogP contribution in [0, 0.1) is 0 Å². The molecule has 1 rings (SSSR count). The third-order valence-corrected chi connectivity index (χ3v) is 4.19. The molecule has 0 unspecified atom stereocenters. The van der Waals surface area contributed by atoms with Crippen LogP contribution < -0.4 is 4.74 Å². The maximum absolute atomic E-state index is 12.5. The van der Waals surface area contributed by atoms with Gasteiger partial charge in [0.25, 0.3) is 0 Å². The number of imide groups is 2. The Bertz CT molecular complexity index is 718. The number of benzene rings is 1. The van der Waals surface area contributed by atoms with Gasteiger partial charge in [-0.2, -0.15) is 0 Å². The number of para-hydroxylation sites is 1. The Labute approximate surface area is 166 Å². The van der Waals surface area contributed by atoms with Crippen LogP contribution in [0.15, 0.2) is 24.3 Å². The van der Waals surface area contributed by atoms with Gasteiger partial charge in [0.1, 0.15) is 5.75 Å². The highest BCUT2D eigenvalue weighted by Crippen LogP contribution is 2.21. The molecule has 4 amide bonds. The van der Waals surface area contributed by atoms with Crippen molar-refractivity contribution in [3.05, 3.63) is 29.8 Å². The molecule has 0 aliphatic carbocycles. The normalized spacial score (nSPS) is 10.5. The Hall–Kier alpha value is -2.74. The molecule has 0 bridgehead atoms. The number of hydrogen-bond donors (Lipinski definition) is 0. The highest BCUT2D eigenvalue weighted by atomic mass is 16.6. The molecule has 0 saturated carbocycles. The predicted molar refractivity (Wildman–Crippen MR) is 105 cm³/mol. The van der Waals surface area contributed by atoms with Gasteiger partial charge in [-0.25, -0.2) is 4.79 Å². The minimum absolute atomic E-state index is 0.110. The topological polar surface area (TPSA) is 87.2 Å². The van der Waals surface area contributed by atoms with Gasteiger partial charge in [0.05, 0.1) is 0 Å². The van der Waals surface area contributed by atoms with E-state index in [0.717, 1.165) is 11.4 Å². The number of aryl methyl sites for hydroxylation is 1. The van der Waals surface area contributed by atoms with Gasteiger partial charge in [0, 0.05) is 33.9 Å². The molecular weight excluding hydrogens is 362 g/mol. The lowest BCUT2D eigenvalue weighted by molar-refractivity contribution is -0.143. The zero-order valence-corrected chi connectivity index (χ0v) is 17.2. The highest BCUT2D eigenvalue weighted by molar-refractivity contribution is 5.94. The Morgan fingerprint density at radius 3 is 2.14 bits per heavy atom. The summed E-state index contributed by atoms with van der Waals surface area (Å²) in [5.41, 5.74) is 0.651. The van der Waals surface area contributed by atoms with Gasteiger partial charge in [-0.05, 0) is 45.1 Å². The van der Waals surface area contributed by atoms with Crippen molar-refractivity contribution in [1.82, 2.24) is 14.7 Å². The number of carbonyl (C=O) groups is 4. The fraction of sp³-hybridized carbons (Fsp3) is 0.500. The molecular formula is C20H29N3O5. The van der Waals surface area contributed by atoms with Crippen LogP contribution >= 0.6 is 0 Å². The minimum Gasteiger partial charge on any atom is -0.410 e. The molecule has 8 heteroatoms. The molecule has 1 aromatic rings.